The summed E-state index contributed by atoms with van der Waals surface area (Å²) in [5.74, 6) is -0.444. The molecule has 1 aromatic rings. The van der Waals surface area contributed by atoms with Gasteiger partial charge in [-0.05, 0) is 42.5 Å². The molecule has 0 radical (unpaired) electrons. The van der Waals surface area contributed by atoms with Crippen molar-refractivity contribution in [2.75, 3.05) is 7.11 Å². The molecule has 8 heteroatoms. The molecule has 0 spiro atoms. The number of nitriles is 1. The SMILES string of the molecule is COc1cc(/C=C(\C#N)C(=O)N[C@@H]2CCCC[C@H]2C)cc(Cl)c1OC(F)F. The van der Waals surface area contributed by atoms with Gasteiger partial charge < -0.3 is 14.8 Å². The first-order chi connectivity index (χ1) is 12.8. The first kappa shape index (κ1) is 21.0. The van der Waals surface area contributed by atoms with Crippen LogP contribution in [0.3, 0.4) is 0 Å². The Morgan fingerprint density at radius 3 is 2.70 bits per heavy atom. The van der Waals surface area contributed by atoms with Crippen molar-refractivity contribution in [2.24, 2.45) is 5.92 Å². The number of carbonyl (C=O) groups is 1. The first-order valence-corrected chi connectivity index (χ1v) is 8.98. The number of hydrogen-bond donors (Lipinski definition) is 1. The number of alkyl halides is 2. The van der Waals surface area contributed by atoms with Crippen LogP contribution in [0.25, 0.3) is 6.08 Å². The molecular weight excluding hydrogens is 378 g/mol. The van der Waals surface area contributed by atoms with Crippen molar-refractivity contribution < 1.29 is 23.0 Å². The monoisotopic (exact) mass is 398 g/mol. The van der Waals surface area contributed by atoms with Crippen LogP contribution in [0, 0.1) is 17.2 Å². The van der Waals surface area contributed by atoms with Crippen LogP contribution in [0.2, 0.25) is 5.02 Å². The minimum atomic E-state index is -3.06. The number of halogens is 3. The Morgan fingerprint density at radius 1 is 1.41 bits per heavy atom. The predicted molar refractivity (Wildman–Crippen MR) is 97.8 cm³/mol. The fourth-order valence-electron chi connectivity index (χ4n) is 3.12. The second-order valence-electron chi connectivity index (χ2n) is 6.42. The molecule has 2 atom stereocenters. The summed E-state index contributed by atoms with van der Waals surface area (Å²) >= 11 is 5.99. The lowest BCUT2D eigenvalue weighted by Gasteiger charge is -2.29. The predicted octanol–water partition coefficient (Wildman–Crippen LogP) is 4.55. The molecule has 0 bridgehead atoms. The van der Waals surface area contributed by atoms with Crippen LogP contribution in [0.1, 0.15) is 38.2 Å². The highest BCUT2D eigenvalue weighted by Gasteiger charge is 2.24. The number of nitrogens with one attached hydrogen (secondary N) is 1. The Balaban J connectivity index is 2.24. The van der Waals surface area contributed by atoms with Gasteiger partial charge in [0.2, 0.25) is 0 Å². The number of carbonyl (C=O) groups excluding carboxylic acids is 1. The van der Waals surface area contributed by atoms with Crippen LogP contribution in [-0.4, -0.2) is 25.7 Å². The lowest BCUT2D eigenvalue weighted by atomic mass is 9.86. The van der Waals surface area contributed by atoms with Crippen LogP contribution in [0.15, 0.2) is 17.7 Å². The van der Waals surface area contributed by atoms with Crippen molar-refractivity contribution in [1.82, 2.24) is 5.32 Å². The summed E-state index contributed by atoms with van der Waals surface area (Å²) in [6.07, 6.45) is 5.43. The molecule has 1 fully saturated rings. The van der Waals surface area contributed by atoms with Crippen molar-refractivity contribution in [3.05, 3.63) is 28.3 Å². The molecule has 1 aliphatic rings. The quantitative estimate of drug-likeness (QED) is 0.563. The van der Waals surface area contributed by atoms with E-state index in [-0.39, 0.29) is 28.1 Å². The van der Waals surface area contributed by atoms with E-state index in [1.54, 1.807) is 0 Å². The van der Waals surface area contributed by atoms with Gasteiger partial charge in [0.15, 0.2) is 11.5 Å². The zero-order chi connectivity index (χ0) is 20.0. The van der Waals surface area contributed by atoms with E-state index in [1.165, 1.54) is 25.3 Å². The van der Waals surface area contributed by atoms with Crippen LogP contribution in [0.4, 0.5) is 8.78 Å². The fourth-order valence-corrected chi connectivity index (χ4v) is 3.38. The van der Waals surface area contributed by atoms with Gasteiger partial charge in [-0.2, -0.15) is 14.0 Å². The maximum atomic E-state index is 12.5. The van der Waals surface area contributed by atoms with Gasteiger partial charge in [0.25, 0.3) is 5.91 Å². The lowest BCUT2D eigenvalue weighted by molar-refractivity contribution is -0.118. The normalized spacial score (nSPS) is 20.1. The molecule has 0 saturated heterocycles. The molecule has 0 heterocycles. The van der Waals surface area contributed by atoms with Crippen LogP contribution < -0.4 is 14.8 Å². The Kier molecular flexibility index (Phi) is 7.43. The maximum Gasteiger partial charge on any atom is 0.387 e. The molecule has 5 nitrogen and oxygen atoms in total. The highest BCUT2D eigenvalue weighted by atomic mass is 35.5. The van der Waals surface area contributed by atoms with E-state index in [0.717, 1.165) is 25.7 Å². The van der Waals surface area contributed by atoms with Crippen molar-refractivity contribution in [3.8, 4) is 17.6 Å². The molecule has 1 saturated carbocycles. The smallest absolute Gasteiger partial charge is 0.387 e. The van der Waals surface area contributed by atoms with E-state index >= 15 is 0 Å². The highest BCUT2D eigenvalue weighted by molar-refractivity contribution is 6.32. The van der Waals surface area contributed by atoms with Gasteiger partial charge in [-0.3, -0.25) is 4.79 Å². The van der Waals surface area contributed by atoms with Gasteiger partial charge >= 0.3 is 6.61 Å². The fraction of sp³-hybridized carbons (Fsp3) is 0.474. The van der Waals surface area contributed by atoms with E-state index in [1.807, 2.05) is 6.07 Å². The number of methoxy groups -OCH3 is 1. The van der Waals surface area contributed by atoms with Gasteiger partial charge in [0.1, 0.15) is 11.6 Å². The summed E-state index contributed by atoms with van der Waals surface area (Å²) in [5, 5.41) is 12.1. The number of ether oxygens (including phenoxy) is 2. The largest absolute Gasteiger partial charge is 0.493 e. The summed E-state index contributed by atoms with van der Waals surface area (Å²) in [6, 6.07) is 4.60. The average Bonchev–Trinajstić information content (AvgIpc) is 2.63. The molecule has 1 amide bonds. The van der Waals surface area contributed by atoms with E-state index in [4.69, 9.17) is 16.3 Å². The van der Waals surface area contributed by atoms with Gasteiger partial charge in [0.05, 0.1) is 12.1 Å². The van der Waals surface area contributed by atoms with Crippen molar-refractivity contribution in [3.63, 3.8) is 0 Å². The lowest BCUT2D eigenvalue weighted by Crippen LogP contribution is -2.41. The van der Waals surface area contributed by atoms with Crippen molar-refractivity contribution in [2.45, 2.75) is 45.3 Å². The van der Waals surface area contributed by atoms with Crippen LogP contribution >= 0.6 is 11.6 Å². The van der Waals surface area contributed by atoms with E-state index in [9.17, 15) is 18.8 Å². The summed E-state index contributed by atoms with van der Waals surface area (Å²) in [7, 11) is 1.28. The van der Waals surface area contributed by atoms with E-state index < -0.39 is 12.5 Å². The Hall–Kier alpha value is -2.33. The summed E-state index contributed by atoms with van der Waals surface area (Å²) in [6.45, 7) is -0.984. The third-order valence-corrected chi connectivity index (χ3v) is 4.84. The average molecular weight is 399 g/mol. The zero-order valence-corrected chi connectivity index (χ0v) is 15.9. The molecule has 0 aromatic heterocycles. The minimum Gasteiger partial charge on any atom is -0.493 e. The Labute approximate surface area is 161 Å². The van der Waals surface area contributed by atoms with Gasteiger partial charge in [-0.15, -0.1) is 0 Å². The number of amides is 1. The highest BCUT2D eigenvalue weighted by Crippen LogP contribution is 2.38. The molecule has 1 aliphatic carbocycles. The van der Waals surface area contributed by atoms with Crippen molar-refractivity contribution in [1.29, 1.82) is 5.26 Å². The Morgan fingerprint density at radius 2 is 2.11 bits per heavy atom. The summed E-state index contributed by atoms with van der Waals surface area (Å²) < 4.78 is 34.4. The van der Waals surface area contributed by atoms with Crippen LogP contribution in [-0.2, 0) is 4.79 Å². The summed E-state index contributed by atoms with van der Waals surface area (Å²) in [4.78, 5) is 12.5. The van der Waals surface area contributed by atoms with Crippen LogP contribution in [0.5, 0.6) is 11.5 Å². The van der Waals surface area contributed by atoms with Gasteiger partial charge in [-0.1, -0.05) is 31.4 Å². The number of hydrogen-bond acceptors (Lipinski definition) is 4. The summed E-state index contributed by atoms with van der Waals surface area (Å²) in [5.41, 5.74) is 0.260. The van der Waals surface area contributed by atoms with Gasteiger partial charge in [0, 0.05) is 6.04 Å². The topological polar surface area (TPSA) is 71.3 Å². The molecule has 1 N–H and O–H groups in total. The number of nitrogens with zero attached hydrogens (tertiary/aromatic N) is 1. The number of rotatable bonds is 6. The zero-order valence-electron chi connectivity index (χ0n) is 15.1. The van der Waals surface area contributed by atoms with Crippen molar-refractivity contribution >= 4 is 23.6 Å². The van der Waals surface area contributed by atoms with E-state index in [2.05, 4.69) is 17.0 Å². The second-order valence-corrected chi connectivity index (χ2v) is 6.83. The minimum absolute atomic E-state index is 0.0207. The Bertz CT molecular complexity index is 762. The van der Waals surface area contributed by atoms with E-state index in [0.29, 0.717) is 11.5 Å². The molecule has 1 aromatic carbocycles. The molecule has 2 rings (SSSR count). The maximum absolute atomic E-state index is 12.5. The molecule has 27 heavy (non-hydrogen) atoms. The molecule has 0 aliphatic heterocycles. The standard InChI is InChI=1S/C19H21ClF2N2O3/c1-11-5-3-4-6-15(11)24-18(25)13(10-23)7-12-8-14(20)17(27-19(21)22)16(9-12)26-2/h7-9,11,15,19H,3-6H2,1-2H3,(H,24,25)/b13-7+/t11-,15-/m1/s1. The second kappa shape index (κ2) is 9.56. The number of benzene rings is 1. The van der Waals surface area contributed by atoms with Gasteiger partial charge in [-0.25, -0.2) is 0 Å². The molecule has 0 unspecified atom stereocenters. The molecule has 146 valence electrons. The third-order valence-electron chi connectivity index (χ3n) is 4.56. The third kappa shape index (κ3) is 5.57. The first-order valence-electron chi connectivity index (χ1n) is 8.60. The molecular formula is C19H21ClF2N2O3.